The molecule has 0 saturated carbocycles. The highest BCUT2D eigenvalue weighted by atomic mass is 32.2. The minimum absolute atomic E-state index is 1.07. The van der Waals surface area contributed by atoms with Crippen molar-refractivity contribution in [1.29, 1.82) is 0 Å². The fraction of sp³-hybridized carbons (Fsp3) is 0.250. The molecular weight excluding hydrogens is 266 g/mol. The van der Waals surface area contributed by atoms with Gasteiger partial charge >= 0.3 is 0 Å². The molecule has 0 unspecified atom stereocenters. The second-order valence-corrected chi connectivity index (χ2v) is 5.97. The highest BCUT2D eigenvalue weighted by Crippen LogP contribution is 2.24. The van der Waals surface area contributed by atoms with E-state index in [1.54, 1.807) is 0 Å². The Morgan fingerprint density at radius 1 is 1.25 bits per heavy atom. The summed E-state index contributed by atoms with van der Waals surface area (Å²) in [5.74, 6) is 1.08. The minimum Gasteiger partial charge on any atom is -0.285 e. The van der Waals surface area contributed by atoms with Crippen LogP contribution in [-0.2, 0) is 6.42 Å². The highest BCUT2D eigenvalue weighted by Gasteiger charge is 2.03. The lowest BCUT2D eigenvalue weighted by atomic mass is 10.1. The van der Waals surface area contributed by atoms with Gasteiger partial charge in [0.1, 0.15) is 0 Å². The number of para-hydroxylation sites is 1. The van der Waals surface area contributed by atoms with Crippen molar-refractivity contribution in [2.24, 2.45) is 0 Å². The molecule has 1 N–H and O–H groups in total. The maximum atomic E-state index is 4.72. The van der Waals surface area contributed by atoms with Gasteiger partial charge in [0.2, 0.25) is 0 Å². The van der Waals surface area contributed by atoms with Crippen molar-refractivity contribution in [3.63, 3.8) is 0 Å². The van der Waals surface area contributed by atoms with Crippen molar-refractivity contribution < 1.29 is 0 Å². The number of pyridine rings is 1. The lowest BCUT2D eigenvalue weighted by molar-refractivity contribution is 0.932. The zero-order valence-electron chi connectivity index (χ0n) is 11.5. The van der Waals surface area contributed by atoms with E-state index in [0.717, 1.165) is 29.1 Å². The van der Waals surface area contributed by atoms with Gasteiger partial charge < -0.3 is 0 Å². The highest BCUT2D eigenvalue weighted by molar-refractivity contribution is 7.99. The quantitative estimate of drug-likeness (QED) is 0.568. The number of thioether (sulfide) groups is 1. The first-order valence-electron chi connectivity index (χ1n) is 6.80. The number of fused-ring (bicyclic) bond motifs is 1. The summed E-state index contributed by atoms with van der Waals surface area (Å²) in [6.45, 7) is 2.15. The predicted molar refractivity (Wildman–Crippen MR) is 84.1 cm³/mol. The molecule has 0 aliphatic heterocycles. The number of hydrogen-bond acceptors (Lipinski definition) is 3. The Hall–Kier alpha value is -1.81. The predicted octanol–water partition coefficient (Wildman–Crippen LogP) is 3.99. The van der Waals surface area contributed by atoms with Crippen molar-refractivity contribution >= 4 is 22.7 Å². The molecule has 0 aliphatic carbocycles. The number of aryl methyl sites for hydroxylation is 2. The smallest absolute Gasteiger partial charge is 0.0970 e. The average molecular weight is 283 g/mol. The van der Waals surface area contributed by atoms with Crippen LogP contribution in [0.5, 0.6) is 0 Å². The molecule has 3 rings (SSSR count). The Morgan fingerprint density at radius 3 is 3.00 bits per heavy atom. The van der Waals surface area contributed by atoms with Crippen LogP contribution in [0.25, 0.3) is 10.9 Å². The molecule has 102 valence electrons. The molecule has 0 saturated heterocycles. The van der Waals surface area contributed by atoms with E-state index in [4.69, 9.17) is 4.98 Å². The summed E-state index contributed by atoms with van der Waals surface area (Å²) in [6.07, 6.45) is 6.06. The van der Waals surface area contributed by atoms with Crippen LogP contribution < -0.4 is 0 Å². The third kappa shape index (κ3) is 3.02. The van der Waals surface area contributed by atoms with E-state index in [1.165, 1.54) is 16.5 Å². The summed E-state index contributed by atoms with van der Waals surface area (Å²) < 4.78 is 0. The molecular formula is C16H17N3S. The fourth-order valence-corrected chi connectivity index (χ4v) is 3.18. The molecule has 0 atom stereocenters. The molecule has 0 fully saturated rings. The van der Waals surface area contributed by atoms with Crippen LogP contribution in [0.2, 0.25) is 0 Å². The lowest BCUT2D eigenvalue weighted by Crippen LogP contribution is -1.90. The van der Waals surface area contributed by atoms with Gasteiger partial charge in [-0.25, -0.2) is 4.98 Å². The van der Waals surface area contributed by atoms with Gasteiger partial charge in [-0.05, 0) is 48.8 Å². The van der Waals surface area contributed by atoms with E-state index < -0.39 is 0 Å². The first-order valence-corrected chi connectivity index (χ1v) is 7.78. The van der Waals surface area contributed by atoms with Crippen LogP contribution in [0.4, 0.5) is 0 Å². The van der Waals surface area contributed by atoms with E-state index in [2.05, 4.69) is 41.4 Å². The standard InChI is InChI=1S/C16H17N3S/c1-12-9-16(19-15-7-3-2-6-14(12)15)20-8-4-5-13-10-17-18-11-13/h2-3,6-7,9-11H,4-5,8H2,1H3,(H,17,18). The summed E-state index contributed by atoms with van der Waals surface area (Å²) >= 11 is 1.83. The average Bonchev–Trinajstić information content (AvgIpc) is 2.97. The molecule has 3 aromatic rings. The van der Waals surface area contributed by atoms with Crippen molar-refractivity contribution in [3.8, 4) is 0 Å². The molecule has 4 heteroatoms. The summed E-state index contributed by atoms with van der Waals surface area (Å²) in [5.41, 5.74) is 3.66. The van der Waals surface area contributed by atoms with Crippen molar-refractivity contribution in [2.45, 2.75) is 24.8 Å². The summed E-state index contributed by atoms with van der Waals surface area (Å²) in [6, 6.07) is 10.5. The van der Waals surface area contributed by atoms with Crippen molar-refractivity contribution in [2.75, 3.05) is 5.75 Å². The number of aromatic nitrogens is 3. The number of H-pyrrole nitrogens is 1. The molecule has 1 aromatic carbocycles. The van der Waals surface area contributed by atoms with Crippen LogP contribution in [0.1, 0.15) is 17.5 Å². The van der Waals surface area contributed by atoms with Crippen LogP contribution in [0, 0.1) is 6.92 Å². The molecule has 0 bridgehead atoms. The number of rotatable bonds is 5. The van der Waals surface area contributed by atoms with Gasteiger partial charge in [-0.3, -0.25) is 5.10 Å². The van der Waals surface area contributed by atoms with E-state index in [0.29, 0.717) is 0 Å². The monoisotopic (exact) mass is 283 g/mol. The molecule has 2 heterocycles. The van der Waals surface area contributed by atoms with Crippen LogP contribution >= 0.6 is 11.8 Å². The van der Waals surface area contributed by atoms with Crippen LogP contribution in [0.15, 0.2) is 47.8 Å². The van der Waals surface area contributed by atoms with Crippen molar-refractivity contribution in [1.82, 2.24) is 15.2 Å². The summed E-state index contributed by atoms with van der Waals surface area (Å²) in [7, 11) is 0. The molecule has 0 amide bonds. The third-order valence-electron chi connectivity index (χ3n) is 3.31. The molecule has 0 aliphatic rings. The molecule has 0 spiro atoms. The number of aromatic amines is 1. The maximum absolute atomic E-state index is 4.72. The maximum Gasteiger partial charge on any atom is 0.0970 e. The zero-order chi connectivity index (χ0) is 13.8. The first kappa shape index (κ1) is 13.2. The SMILES string of the molecule is Cc1cc(SCCCc2cn[nH]c2)nc2ccccc12. The van der Waals surface area contributed by atoms with Crippen molar-refractivity contribution in [3.05, 3.63) is 53.9 Å². The number of benzene rings is 1. The minimum atomic E-state index is 1.07. The second-order valence-electron chi connectivity index (χ2n) is 4.85. The number of nitrogens with zero attached hydrogens (tertiary/aromatic N) is 2. The second kappa shape index (κ2) is 6.09. The van der Waals surface area contributed by atoms with Gasteiger partial charge in [0, 0.05) is 11.6 Å². The van der Waals surface area contributed by atoms with Gasteiger partial charge in [-0.1, -0.05) is 18.2 Å². The van der Waals surface area contributed by atoms with E-state index in [-0.39, 0.29) is 0 Å². The van der Waals surface area contributed by atoms with E-state index >= 15 is 0 Å². The van der Waals surface area contributed by atoms with Gasteiger partial charge in [0.25, 0.3) is 0 Å². The third-order valence-corrected chi connectivity index (χ3v) is 4.31. The van der Waals surface area contributed by atoms with E-state index in [9.17, 15) is 0 Å². The van der Waals surface area contributed by atoms with Gasteiger partial charge in [-0.2, -0.15) is 5.10 Å². The van der Waals surface area contributed by atoms with Gasteiger partial charge in [0.15, 0.2) is 0 Å². The van der Waals surface area contributed by atoms with E-state index in [1.807, 2.05) is 30.2 Å². The zero-order valence-corrected chi connectivity index (χ0v) is 12.3. The number of hydrogen-bond donors (Lipinski definition) is 1. The molecule has 0 radical (unpaired) electrons. The normalized spacial score (nSPS) is 11.1. The summed E-state index contributed by atoms with van der Waals surface area (Å²) in [4.78, 5) is 4.72. The topological polar surface area (TPSA) is 41.6 Å². The first-order chi connectivity index (χ1) is 9.83. The van der Waals surface area contributed by atoms with Gasteiger partial charge in [-0.15, -0.1) is 11.8 Å². The fourth-order valence-electron chi connectivity index (χ4n) is 2.26. The Kier molecular flexibility index (Phi) is 4.02. The van der Waals surface area contributed by atoms with Crippen LogP contribution in [-0.4, -0.2) is 20.9 Å². The molecule has 2 aromatic heterocycles. The Bertz CT molecular complexity index is 692. The largest absolute Gasteiger partial charge is 0.285 e. The Morgan fingerprint density at radius 2 is 2.15 bits per heavy atom. The Balaban J connectivity index is 1.63. The Labute approximate surface area is 122 Å². The van der Waals surface area contributed by atoms with Crippen LogP contribution in [0.3, 0.4) is 0 Å². The molecule has 20 heavy (non-hydrogen) atoms. The number of nitrogens with one attached hydrogen (secondary N) is 1. The lowest BCUT2D eigenvalue weighted by Gasteiger charge is -2.06. The van der Waals surface area contributed by atoms with Gasteiger partial charge in [0.05, 0.1) is 16.7 Å². The molecule has 3 nitrogen and oxygen atoms in total. The summed E-state index contributed by atoms with van der Waals surface area (Å²) in [5, 5.41) is 9.17.